The Balaban J connectivity index is 0.842. The van der Waals surface area contributed by atoms with Crippen molar-refractivity contribution in [3.05, 3.63) is 0 Å². The first-order valence-corrected chi connectivity index (χ1v) is 22.1. The zero-order chi connectivity index (χ0) is 47.6. The lowest BCUT2D eigenvalue weighted by atomic mass is 9.96. The number of aliphatic hydroxyl groups excluding tert-OH is 11. The molecule has 0 amide bonds. The van der Waals surface area contributed by atoms with Gasteiger partial charge in [-0.15, -0.1) is 0 Å². The van der Waals surface area contributed by atoms with Gasteiger partial charge in [-0.2, -0.15) is 0 Å². The first-order chi connectivity index (χ1) is 32.1. The minimum atomic E-state index is -1.80. The van der Waals surface area contributed by atoms with E-state index in [1.165, 1.54) is 21.3 Å². The maximum atomic E-state index is 11.7. The molecular formula is C39H62O28. The molecule has 6 bridgehead atoms. The Morgan fingerprint density at radius 1 is 0.328 bits per heavy atom. The summed E-state index contributed by atoms with van der Waals surface area (Å²) in [5.41, 5.74) is 0. The fourth-order valence-corrected chi connectivity index (χ4v) is 10.1. The second-order valence-corrected chi connectivity index (χ2v) is 17.9. The minimum absolute atomic E-state index is 0.0108. The molecule has 9 aliphatic rings. The summed E-state index contributed by atoms with van der Waals surface area (Å²) < 4.78 is 97.5. The third-order valence-corrected chi connectivity index (χ3v) is 13.6. The summed E-state index contributed by atoms with van der Waals surface area (Å²) in [6, 6.07) is 0. The average molecular weight is 979 g/mol. The van der Waals surface area contributed by atoms with Crippen LogP contribution in [0.15, 0.2) is 0 Å². The summed E-state index contributed by atoms with van der Waals surface area (Å²) in [4.78, 5) is 0. The molecule has 0 aromatic carbocycles. The van der Waals surface area contributed by atoms with E-state index in [-0.39, 0.29) is 39.6 Å². The smallest absolute Gasteiger partial charge is 0.187 e. The predicted octanol–water partition coefficient (Wildman–Crippen LogP) is -9.00. The topological polar surface area (TPSA) is 379 Å². The van der Waals surface area contributed by atoms with Crippen LogP contribution in [0.25, 0.3) is 0 Å². The van der Waals surface area contributed by atoms with Gasteiger partial charge in [0.2, 0.25) is 0 Å². The molecule has 0 saturated carbocycles. The zero-order valence-corrected chi connectivity index (χ0v) is 36.4. The van der Waals surface area contributed by atoms with Gasteiger partial charge >= 0.3 is 0 Å². The number of fused-ring (bicyclic) bond motifs is 6. The largest absolute Gasteiger partial charge is 0.387 e. The van der Waals surface area contributed by atoms with Crippen molar-refractivity contribution >= 4 is 0 Å². The third kappa shape index (κ3) is 9.67. The summed E-state index contributed by atoms with van der Waals surface area (Å²) >= 11 is 0. The van der Waals surface area contributed by atoms with Crippen molar-refractivity contribution in [2.75, 3.05) is 61.0 Å². The molecule has 28 nitrogen and oxygen atoms in total. The van der Waals surface area contributed by atoms with E-state index in [0.717, 1.165) is 0 Å². The molecule has 0 radical (unpaired) electrons. The molecule has 0 spiro atoms. The van der Waals surface area contributed by atoms with E-state index in [9.17, 15) is 56.2 Å². The van der Waals surface area contributed by atoms with Gasteiger partial charge in [0.05, 0.1) is 39.6 Å². The van der Waals surface area contributed by atoms with Gasteiger partial charge in [0, 0.05) is 21.3 Å². The molecule has 0 unspecified atom stereocenters. The minimum Gasteiger partial charge on any atom is -0.387 e. The van der Waals surface area contributed by atoms with Crippen molar-refractivity contribution in [2.45, 2.75) is 184 Å². The van der Waals surface area contributed by atoms with Gasteiger partial charge in [-0.3, -0.25) is 0 Å². The van der Waals surface area contributed by atoms with Crippen LogP contribution in [0.3, 0.4) is 0 Å². The average Bonchev–Trinajstić information content (AvgIpc) is 3.89. The second kappa shape index (κ2) is 21.2. The highest BCUT2D eigenvalue weighted by Gasteiger charge is 2.61. The van der Waals surface area contributed by atoms with E-state index in [2.05, 4.69) is 0 Å². The van der Waals surface area contributed by atoms with Gasteiger partial charge in [-0.1, -0.05) is 0 Å². The van der Waals surface area contributed by atoms with Crippen molar-refractivity contribution in [1.82, 2.24) is 0 Å². The zero-order valence-electron chi connectivity index (χ0n) is 36.4. The molecule has 9 heterocycles. The number of hydrogen-bond acceptors (Lipinski definition) is 28. The van der Waals surface area contributed by atoms with Crippen LogP contribution < -0.4 is 0 Å². The van der Waals surface area contributed by atoms with Crippen molar-refractivity contribution in [3.8, 4) is 0 Å². The molecule has 0 aliphatic carbocycles. The predicted molar refractivity (Wildman–Crippen MR) is 203 cm³/mol. The Kier molecular flexibility index (Phi) is 16.0. The van der Waals surface area contributed by atoms with Gasteiger partial charge in [-0.25, -0.2) is 0 Å². The van der Waals surface area contributed by atoms with Crippen molar-refractivity contribution in [3.63, 3.8) is 0 Å². The Hall–Kier alpha value is -1.12. The van der Waals surface area contributed by atoms with Crippen LogP contribution >= 0.6 is 0 Å². The molecule has 386 valence electrons. The molecule has 11 N–H and O–H groups in total. The van der Waals surface area contributed by atoms with E-state index in [1.54, 1.807) is 0 Å². The first-order valence-electron chi connectivity index (χ1n) is 22.1. The Labute approximate surface area is 381 Å². The molecule has 9 rings (SSSR count). The lowest BCUT2D eigenvalue weighted by molar-refractivity contribution is -0.381. The molecule has 30 atom stereocenters. The molecule has 67 heavy (non-hydrogen) atoms. The molecule has 0 aromatic rings. The van der Waals surface area contributed by atoms with E-state index < -0.39 is 184 Å². The maximum absolute atomic E-state index is 11.7. The van der Waals surface area contributed by atoms with E-state index in [4.69, 9.17) is 80.5 Å². The number of methoxy groups -OCH3 is 3. The maximum Gasteiger partial charge on any atom is 0.187 e. The normalized spacial score (nSPS) is 55.3. The van der Waals surface area contributed by atoms with Gasteiger partial charge < -0.3 is 137 Å². The number of ether oxygens (including phenoxy) is 17. The summed E-state index contributed by atoms with van der Waals surface area (Å²) in [7, 11) is 4.05. The summed E-state index contributed by atoms with van der Waals surface area (Å²) in [6.45, 7) is -0.858. The fourth-order valence-electron chi connectivity index (χ4n) is 10.1. The lowest BCUT2D eigenvalue weighted by Gasteiger charge is -2.48. The standard InChI is InChI=1S/C39H62O28/c1-51-4-10-17(41)29(20(44)34(50)57-10)65-38-24(48)32-26(14(61-38)8-55-32)63-37-23(47)31(19(43)12(59-37)6-53-3)67-39-25(49)33-27(15(62-39)9-56-33)64-36-22(46)30(18(42)11(58-36)5-52-2)66-35-21(45)28-16(40)13(60-35)7-54-28/h10-50H,4-9H2,1-3H3/t10-,11-,12-,13+,14+,15+,16-,17+,18+,19+,20-,21+,22-,23-,24+,25+,26-,27-,28-,29+,30+,31+,32+,33+,34+,35+,36+,37+,38+,39+/m1/s1. The number of aliphatic hydroxyl groups is 11. The van der Waals surface area contributed by atoms with Crippen molar-refractivity contribution in [1.29, 1.82) is 0 Å². The monoisotopic (exact) mass is 978 g/mol. The van der Waals surface area contributed by atoms with E-state index >= 15 is 0 Å². The van der Waals surface area contributed by atoms with Crippen LogP contribution in [0.5, 0.6) is 0 Å². The fraction of sp³-hybridized carbons (Fsp3) is 1.00. The number of rotatable bonds is 16. The van der Waals surface area contributed by atoms with Crippen molar-refractivity contribution < 1.29 is 137 Å². The summed E-state index contributed by atoms with van der Waals surface area (Å²) in [5.74, 6) is 0. The van der Waals surface area contributed by atoms with Gasteiger partial charge in [0.15, 0.2) is 37.7 Å². The van der Waals surface area contributed by atoms with Crippen LogP contribution in [0, 0.1) is 0 Å². The highest BCUT2D eigenvalue weighted by molar-refractivity contribution is 5.03. The van der Waals surface area contributed by atoms with Gasteiger partial charge in [0.1, 0.15) is 146 Å². The second-order valence-electron chi connectivity index (χ2n) is 17.9. The highest BCUT2D eigenvalue weighted by atomic mass is 16.8. The Bertz CT molecular complexity index is 1610. The van der Waals surface area contributed by atoms with Crippen LogP contribution in [-0.2, 0) is 80.5 Å². The Morgan fingerprint density at radius 2 is 0.657 bits per heavy atom. The van der Waals surface area contributed by atoms with Crippen molar-refractivity contribution in [2.24, 2.45) is 0 Å². The van der Waals surface area contributed by atoms with Crippen LogP contribution in [0.1, 0.15) is 0 Å². The van der Waals surface area contributed by atoms with E-state index in [1.807, 2.05) is 0 Å². The lowest BCUT2D eigenvalue weighted by Crippen LogP contribution is -2.66. The van der Waals surface area contributed by atoms with Crippen LogP contribution in [0.2, 0.25) is 0 Å². The molecular weight excluding hydrogens is 916 g/mol. The molecule has 0 aromatic heterocycles. The number of hydrogen-bond donors (Lipinski definition) is 11. The van der Waals surface area contributed by atoms with Gasteiger partial charge in [-0.05, 0) is 0 Å². The quantitative estimate of drug-likeness (QED) is 0.0684. The van der Waals surface area contributed by atoms with Gasteiger partial charge in [0.25, 0.3) is 0 Å². The van der Waals surface area contributed by atoms with Crippen LogP contribution in [-0.4, -0.2) is 301 Å². The molecule has 9 aliphatic heterocycles. The highest BCUT2D eigenvalue weighted by Crippen LogP contribution is 2.41. The summed E-state index contributed by atoms with van der Waals surface area (Å²) in [6.07, 6.45) is -41.6. The first kappa shape index (κ1) is 50.8. The molecule has 28 heteroatoms. The third-order valence-electron chi connectivity index (χ3n) is 13.6. The SMILES string of the molecule is COC[C@H]1O[C@H](O)[C@H](O)[C@@H](O[C@@H]2O[C@H]3CO[C@@H]([C@@H]2O)[C@@H]3O[C@@H]2O[C@H](COC)[C@H](O)[C@H](O[C@@H]3O[C@H]4CO[C@@H]([C@@H]3O)[C@@H]4O[C@@H]3O[C@H](COC)[C@H](O)[C@H](O[C@@H]4O[C@H]5CO[C@@H]([C@@H]4O)[C@@H]5O)[C@H]3O)[C@H]2O)[C@H]1O. The van der Waals surface area contributed by atoms with Crippen LogP contribution in [0.4, 0.5) is 0 Å². The summed E-state index contributed by atoms with van der Waals surface area (Å²) in [5, 5.41) is 121. The molecule has 9 fully saturated rings. The Morgan fingerprint density at radius 3 is 1.09 bits per heavy atom. The van der Waals surface area contributed by atoms with E-state index in [0.29, 0.717) is 0 Å². The molecule has 9 saturated heterocycles.